The highest BCUT2D eigenvalue weighted by Crippen LogP contribution is 2.24. The van der Waals surface area contributed by atoms with Crippen LogP contribution < -0.4 is 10.1 Å². The highest BCUT2D eigenvalue weighted by molar-refractivity contribution is 5.81. The van der Waals surface area contributed by atoms with Gasteiger partial charge in [0, 0.05) is 23.6 Å². The Balaban J connectivity index is 1.79. The first kappa shape index (κ1) is 12.5. The number of fused-ring (bicyclic) bond motifs is 1. The Labute approximate surface area is 116 Å². The summed E-state index contributed by atoms with van der Waals surface area (Å²) in [5.74, 6) is 0.166. The van der Waals surface area contributed by atoms with E-state index >= 15 is 0 Å². The first-order valence-corrected chi connectivity index (χ1v) is 6.30. The molecule has 1 N–H and O–H groups in total. The van der Waals surface area contributed by atoms with Crippen LogP contribution in [0.1, 0.15) is 5.56 Å². The minimum Gasteiger partial charge on any atom is -0.497 e. The molecule has 2 aromatic carbocycles. The van der Waals surface area contributed by atoms with Gasteiger partial charge < -0.3 is 14.5 Å². The van der Waals surface area contributed by atoms with E-state index in [1.165, 1.54) is 13.2 Å². The number of hydrogen-bond acceptors (Lipinski definition) is 3. The topological polar surface area (TPSA) is 34.4 Å². The minimum atomic E-state index is -0.336. The molecular formula is C16H14FNO2. The number of anilines is 1. The predicted molar refractivity (Wildman–Crippen MR) is 76.5 cm³/mol. The normalized spacial score (nSPS) is 10.7. The van der Waals surface area contributed by atoms with Crippen molar-refractivity contribution in [2.75, 3.05) is 12.4 Å². The van der Waals surface area contributed by atoms with Crippen LogP contribution in [-0.4, -0.2) is 7.11 Å². The van der Waals surface area contributed by atoms with Crippen LogP contribution in [0.3, 0.4) is 0 Å². The third-order valence-corrected chi connectivity index (χ3v) is 3.21. The molecule has 1 aromatic heterocycles. The molecule has 0 saturated heterocycles. The van der Waals surface area contributed by atoms with Gasteiger partial charge in [-0.1, -0.05) is 18.2 Å². The molecule has 4 heteroatoms. The van der Waals surface area contributed by atoms with Crippen LogP contribution in [0.4, 0.5) is 10.1 Å². The average molecular weight is 271 g/mol. The summed E-state index contributed by atoms with van der Waals surface area (Å²) >= 11 is 0. The van der Waals surface area contributed by atoms with Gasteiger partial charge in [0.05, 0.1) is 19.1 Å². The van der Waals surface area contributed by atoms with Crippen molar-refractivity contribution < 1.29 is 13.5 Å². The van der Waals surface area contributed by atoms with Gasteiger partial charge in [0.15, 0.2) is 0 Å². The van der Waals surface area contributed by atoms with Gasteiger partial charge in [-0.25, -0.2) is 4.39 Å². The standard InChI is InChI=1S/C16H14FNO2/c1-19-12-6-7-15(14(17)8-12)18-9-11-10-20-16-5-3-2-4-13(11)16/h2-8,10,18H,9H2,1H3. The van der Waals surface area contributed by atoms with E-state index < -0.39 is 0 Å². The van der Waals surface area contributed by atoms with E-state index in [1.807, 2.05) is 24.3 Å². The molecule has 0 saturated carbocycles. The Morgan fingerprint density at radius 3 is 2.85 bits per heavy atom. The third kappa shape index (κ3) is 2.32. The lowest BCUT2D eigenvalue weighted by Gasteiger charge is -2.08. The van der Waals surface area contributed by atoms with Crippen LogP contribution in [0.5, 0.6) is 5.75 Å². The van der Waals surface area contributed by atoms with E-state index in [2.05, 4.69) is 5.32 Å². The van der Waals surface area contributed by atoms with Crippen LogP contribution in [0.15, 0.2) is 53.1 Å². The molecule has 0 aliphatic heterocycles. The zero-order chi connectivity index (χ0) is 13.9. The number of methoxy groups -OCH3 is 1. The summed E-state index contributed by atoms with van der Waals surface area (Å²) in [6.45, 7) is 0.500. The quantitative estimate of drug-likeness (QED) is 0.772. The number of para-hydroxylation sites is 1. The van der Waals surface area contributed by atoms with Crippen molar-refractivity contribution in [2.45, 2.75) is 6.54 Å². The van der Waals surface area contributed by atoms with Gasteiger partial charge in [-0.2, -0.15) is 0 Å². The molecule has 0 fully saturated rings. The lowest BCUT2D eigenvalue weighted by molar-refractivity contribution is 0.411. The second kappa shape index (κ2) is 5.25. The molecule has 0 bridgehead atoms. The Morgan fingerprint density at radius 1 is 1.20 bits per heavy atom. The summed E-state index contributed by atoms with van der Waals surface area (Å²) in [7, 11) is 1.51. The Morgan fingerprint density at radius 2 is 2.05 bits per heavy atom. The number of furan rings is 1. The number of benzene rings is 2. The van der Waals surface area contributed by atoms with E-state index in [4.69, 9.17) is 9.15 Å². The molecular weight excluding hydrogens is 257 g/mol. The molecule has 3 aromatic rings. The van der Waals surface area contributed by atoms with E-state index in [-0.39, 0.29) is 5.82 Å². The summed E-state index contributed by atoms with van der Waals surface area (Å²) in [6, 6.07) is 12.5. The summed E-state index contributed by atoms with van der Waals surface area (Å²) in [5.41, 5.74) is 2.27. The summed E-state index contributed by atoms with van der Waals surface area (Å²) in [4.78, 5) is 0. The number of hydrogen-bond donors (Lipinski definition) is 1. The van der Waals surface area contributed by atoms with E-state index in [0.717, 1.165) is 16.5 Å². The lowest BCUT2D eigenvalue weighted by Crippen LogP contribution is -2.01. The fraction of sp³-hybridized carbons (Fsp3) is 0.125. The van der Waals surface area contributed by atoms with E-state index in [1.54, 1.807) is 18.4 Å². The number of rotatable bonds is 4. The van der Waals surface area contributed by atoms with Crippen LogP contribution in [0, 0.1) is 5.82 Å². The average Bonchev–Trinajstić information content (AvgIpc) is 2.89. The zero-order valence-corrected chi connectivity index (χ0v) is 11.0. The first-order valence-electron chi connectivity index (χ1n) is 6.30. The van der Waals surface area contributed by atoms with Crippen molar-refractivity contribution in [3.63, 3.8) is 0 Å². The first-order chi connectivity index (χ1) is 9.78. The van der Waals surface area contributed by atoms with Crippen molar-refractivity contribution in [1.29, 1.82) is 0 Å². The molecule has 3 nitrogen and oxygen atoms in total. The lowest BCUT2D eigenvalue weighted by atomic mass is 10.2. The molecule has 0 radical (unpaired) electrons. The van der Waals surface area contributed by atoms with Crippen molar-refractivity contribution in [2.24, 2.45) is 0 Å². The summed E-state index contributed by atoms with van der Waals surface area (Å²) < 4.78 is 24.2. The van der Waals surface area contributed by atoms with Gasteiger partial charge in [-0.3, -0.25) is 0 Å². The summed E-state index contributed by atoms with van der Waals surface area (Å²) in [5, 5.41) is 4.10. The molecule has 0 unspecified atom stereocenters. The molecule has 102 valence electrons. The van der Waals surface area contributed by atoms with Gasteiger partial charge >= 0.3 is 0 Å². The molecule has 0 aliphatic carbocycles. The van der Waals surface area contributed by atoms with Gasteiger partial charge in [0.25, 0.3) is 0 Å². The number of halogens is 1. The molecule has 0 spiro atoms. The SMILES string of the molecule is COc1ccc(NCc2coc3ccccc23)c(F)c1. The zero-order valence-electron chi connectivity index (χ0n) is 11.0. The third-order valence-electron chi connectivity index (χ3n) is 3.21. The van der Waals surface area contributed by atoms with Gasteiger partial charge in [0.1, 0.15) is 17.1 Å². The van der Waals surface area contributed by atoms with Crippen molar-refractivity contribution >= 4 is 16.7 Å². The monoisotopic (exact) mass is 271 g/mol. The second-order valence-electron chi connectivity index (χ2n) is 4.46. The molecule has 0 atom stereocenters. The molecule has 1 heterocycles. The molecule has 3 rings (SSSR count). The minimum absolute atomic E-state index is 0.336. The maximum atomic E-state index is 13.8. The fourth-order valence-corrected chi connectivity index (χ4v) is 2.13. The maximum Gasteiger partial charge on any atom is 0.149 e. The number of nitrogens with one attached hydrogen (secondary N) is 1. The Hall–Kier alpha value is -2.49. The van der Waals surface area contributed by atoms with Gasteiger partial charge in [0.2, 0.25) is 0 Å². The van der Waals surface area contributed by atoms with Crippen molar-refractivity contribution in [3.05, 3.63) is 60.1 Å². The van der Waals surface area contributed by atoms with Crippen LogP contribution in [-0.2, 0) is 6.54 Å². The smallest absolute Gasteiger partial charge is 0.149 e. The second-order valence-corrected chi connectivity index (χ2v) is 4.46. The van der Waals surface area contributed by atoms with Crippen LogP contribution >= 0.6 is 0 Å². The van der Waals surface area contributed by atoms with Gasteiger partial charge in [-0.05, 0) is 18.2 Å². The van der Waals surface area contributed by atoms with Crippen molar-refractivity contribution in [3.8, 4) is 5.75 Å². The molecule has 0 amide bonds. The largest absolute Gasteiger partial charge is 0.497 e. The fourth-order valence-electron chi connectivity index (χ4n) is 2.13. The Bertz CT molecular complexity index is 736. The highest BCUT2D eigenvalue weighted by atomic mass is 19.1. The van der Waals surface area contributed by atoms with Crippen molar-refractivity contribution in [1.82, 2.24) is 0 Å². The molecule has 20 heavy (non-hydrogen) atoms. The highest BCUT2D eigenvalue weighted by Gasteiger charge is 2.07. The van der Waals surface area contributed by atoms with E-state index in [9.17, 15) is 4.39 Å². The number of ether oxygens (including phenoxy) is 1. The summed E-state index contributed by atoms with van der Waals surface area (Å²) in [6.07, 6.45) is 1.69. The maximum absolute atomic E-state index is 13.8. The molecule has 0 aliphatic rings. The van der Waals surface area contributed by atoms with Crippen LogP contribution in [0.25, 0.3) is 11.0 Å². The van der Waals surface area contributed by atoms with E-state index in [0.29, 0.717) is 18.0 Å². The predicted octanol–water partition coefficient (Wildman–Crippen LogP) is 4.19. The van der Waals surface area contributed by atoms with Gasteiger partial charge in [-0.15, -0.1) is 0 Å². The Kier molecular flexibility index (Phi) is 3.29. The van der Waals surface area contributed by atoms with Crippen LogP contribution in [0.2, 0.25) is 0 Å².